The van der Waals surface area contributed by atoms with Crippen molar-refractivity contribution in [1.29, 1.82) is 0 Å². The highest BCUT2D eigenvalue weighted by molar-refractivity contribution is 6.31. The van der Waals surface area contributed by atoms with Gasteiger partial charge in [-0.1, -0.05) is 11.6 Å². The molecule has 0 bridgehead atoms. The number of nitrogens with one attached hydrogen (secondary N) is 1. The molecule has 0 aromatic heterocycles. The highest BCUT2D eigenvalue weighted by Gasteiger charge is 2.26. The monoisotopic (exact) mass is 295 g/mol. The number of carbonyl (C=O) groups is 1. The fraction of sp³-hybridized carbons (Fsp3) is 0.533. The molecular formula is C15H22ClN3O. The van der Waals surface area contributed by atoms with Gasteiger partial charge in [-0.15, -0.1) is 0 Å². The van der Waals surface area contributed by atoms with E-state index >= 15 is 0 Å². The molecule has 20 heavy (non-hydrogen) atoms. The molecule has 1 saturated heterocycles. The van der Waals surface area contributed by atoms with Crippen molar-refractivity contribution in [1.82, 2.24) is 9.80 Å². The highest BCUT2D eigenvalue weighted by Crippen LogP contribution is 2.24. The molecule has 1 fully saturated rings. The second kappa shape index (κ2) is 6.46. The zero-order valence-electron chi connectivity index (χ0n) is 12.3. The van der Waals surface area contributed by atoms with Crippen LogP contribution in [-0.2, 0) is 0 Å². The number of piperidine rings is 1. The second-order valence-electron chi connectivity index (χ2n) is 5.45. The van der Waals surface area contributed by atoms with Crippen LogP contribution in [-0.4, -0.2) is 56.0 Å². The van der Waals surface area contributed by atoms with Crippen molar-refractivity contribution in [3.63, 3.8) is 0 Å². The second-order valence-corrected chi connectivity index (χ2v) is 5.89. The number of carbonyl (C=O) groups excluding carboxylic acids is 1. The predicted molar refractivity (Wildman–Crippen MR) is 83.6 cm³/mol. The SMILES string of the molecule is CNc1ccc(Cl)cc1C(=O)N1CCCC(N(C)C)C1. The molecule has 0 aliphatic carbocycles. The third-order valence-electron chi connectivity index (χ3n) is 3.90. The lowest BCUT2D eigenvalue weighted by Crippen LogP contribution is -2.47. The van der Waals surface area contributed by atoms with Gasteiger partial charge in [-0.2, -0.15) is 0 Å². The largest absolute Gasteiger partial charge is 0.387 e. The van der Waals surface area contributed by atoms with E-state index in [1.165, 1.54) is 0 Å². The van der Waals surface area contributed by atoms with E-state index < -0.39 is 0 Å². The molecule has 1 aromatic carbocycles. The smallest absolute Gasteiger partial charge is 0.256 e. The van der Waals surface area contributed by atoms with E-state index in [0.29, 0.717) is 16.6 Å². The van der Waals surface area contributed by atoms with Gasteiger partial charge in [0.1, 0.15) is 0 Å². The third-order valence-corrected chi connectivity index (χ3v) is 4.13. The minimum absolute atomic E-state index is 0.0587. The van der Waals surface area contributed by atoms with E-state index in [0.717, 1.165) is 31.6 Å². The maximum atomic E-state index is 12.7. The van der Waals surface area contributed by atoms with E-state index in [2.05, 4.69) is 24.3 Å². The number of halogens is 1. The Balaban J connectivity index is 2.20. The fourth-order valence-electron chi connectivity index (χ4n) is 2.64. The van der Waals surface area contributed by atoms with Crippen LogP contribution in [0.5, 0.6) is 0 Å². The van der Waals surface area contributed by atoms with Crippen LogP contribution < -0.4 is 5.32 Å². The van der Waals surface area contributed by atoms with Gasteiger partial charge in [0.2, 0.25) is 0 Å². The van der Waals surface area contributed by atoms with Gasteiger partial charge >= 0.3 is 0 Å². The number of likely N-dealkylation sites (N-methyl/N-ethyl adjacent to an activating group) is 1. The maximum Gasteiger partial charge on any atom is 0.256 e. The molecule has 1 heterocycles. The van der Waals surface area contributed by atoms with Gasteiger partial charge < -0.3 is 15.1 Å². The van der Waals surface area contributed by atoms with E-state index in [9.17, 15) is 4.79 Å². The van der Waals surface area contributed by atoms with Crippen LogP contribution >= 0.6 is 11.6 Å². The van der Waals surface area contributed by atoms with Crippen LogP contribution in [0.1, 0.15) is 23.2 Å². The minimum atomic E-state index is 0.0587. The minimum Gasteiger partial charge on any atom is -0.387 e. The summed E-state index contributed by atoms with van der Waals surface area (Å²) in [6.07, 6.45) is 2.19. The predicted octanol–water partition coefficient (Wildman–Crippen LogP) is 2.55. The summed E-state index contributed by atoms with van der Waals surface area (Å²) in [6, 6.07) is 5.82. The van der Waals surface area contributed by atoms with Gasteiger partial charge in [0.15, 0.2) is 0 Å². The number of hydrogen-bond acceptors (Lipinski definition) is 3. The number of amides is 1. The van der Waals surface area contributed by atoms with E-state index in [1.807, 2.05) is 18.0 Å². The Kier molecular flexibility index (Phi) is 4.89. The molecule has 1 aliphatic heterocycles. The summed E-state index contributed by atoms with van der Waals surface area (Å²) in [7, 11) is 5.95. The molecule has 1 aromatic rings. The van der Waals surface area contributed by atoms with Crippen molar-refractivity contribution in [3.8, 4) is 0 Å². The molecule has 1 amide bonds. The average Bonchev–Trinajstić information content (AvgIpc) is 2.46. The first-order valence-electron chi connectivity index (χ1n) is 6.96. The van der Waals surface area contributed by atoms with Gasteiger partial charge in [-0.05, 0) is 45.1 Å². The Morgan fingerprint density at radius 1 is 1.45 bits per heavy atom. The average molecular weight is 296 g/mol. The van der Waals surface area contributed by atoms with Gasteiger partial charge in [0.25, 0.3) is 5.91 Å². The Bertz CT molecular complexity index is 490. The first-order chi connectivity index (χ1) is 9.52. The normalized spacial score (nSPS) is 19.2. The first-order valence-corrected chi connectivity index (χ1v) is 7.33. The molecule has 1 unspecified atom stereocenters. The van der Waals surface area contributed by atoms with Crippen molar-refractivity contribution in [2.75, 3.05) is 39.5 Å². The zero-order valence-corrected chi connectivity index (χ0v) is 13.1. The lowest BCUT2D eigenvalue weighted by Gasteiger charge is -2.36. The molecule has 4 nitrogen and oxygen atoms in total. The Hall–Kier alpha value is -1.26. The molecule has 0 saturated carbocycles. The Labute approximate surface area is 125 Å². The van der Waals surface area contributed by atoms with Gasteiger partial charge in [-0.25, -0.2) is 0 Å². The summed E-state index contributed by atoms with van der Waals surface area (Å²) in [4.78, 5) is 16.8. The van der Waals surface area contributed by atoms with Gasteiger partial charge in [0, 0.05) is 36.9 Å². The van der Waals surface area contributed by atoms with Crippen LogP contribution in [0, 0.1) is 0 Å². The number of rotatable bonds is 3. The lowest BCUT2D eigenvalue weighted by molar-refractivity contribution is 0.0636. The van der Waals surface area contributed by atoms with Crippen molar-refractivity contribution in [2.45, 2.75) is 18.9 Å². The quantitative estimate of drug-likeness (QED) is 0.931. The van der Waals surface area contributed by atoms with Crippen molar-refractivity contribution in [3.05, 3.63) is 28.8 Å². The molecule has 2 rings (SSSR count). The number of hydrogen-bond donors (Lipinski definition) is 1. The highest BCUT2D eigenvalue weighted by atomic mass is 35.5. The van der Waals surface area contributed by atoms with Crippen LogP contribution in [0.3, 0.4) is 0 Å². The molecule has 0 spiro atoms. The maximum absolute atomic E-state index is 12.7. The van der Waals surface area contributed by atoms with Gasteiger partial charge in [0.05, 0.1) is 5.56 Å². The van der Waals surface area contributed by atoms with E-state index in [4.69, 9.17) is 11.6 Å². The van der Waals surface area contributed by atoms with E-state index in [1.54, 1.807) is 12.1 Å². The molecule has 1 N–H and O–H groups in total. The first kappa shape index (κ1) is 15.1. The molecule has 5 heteroatoms. The van der Waals surface area contributed by atoms with Gasteiger partial charge in [-0.3, -0.25) is 4.79 Å². The van der Waals surface area contributed by atoms with Crippen molar-refractivity contribution < 1.29 is 4.79 Å². The molecule has 110 valence electrons. The topological polar surface area (TPSA) is 35.6 Å². The van der Waals surface area contributed by atoms with Crippen LogP contribution in [0.15, 0.2) is 18.2 Å². The van der Waals surface area contributed by atoms with Crippen molar-refractivity contribution in [2.24, 2.45) is 0 Å². The Morgan fingerprint density at radius 2 is 2.20 bits per heavy atom. The number of benzene rings is 1. The lowest BCUT2D eigenvalue weighted by atomic mass is 10.0. The van der Waals surface area contributed by atoms with Crippen molar-refractivity contribution >= 4 is 23.2 Å². The number of anilines is 1. The standard InChI is InChI=1S/C15H22ClN3O/c1-17-14-7-6-11(16)9-13(14)15(20)19-8-4-5-12(10-19)18(2)3/h6-7,9,12,17H,4-5,8,10H2,1-3H3. The van der Waals surface area contributed by atoms with E-state index in [-0.39, 0.29) is 5.91 Å². The van der Waals surface area contributed by atoms with Crippen LogP contribution in [0.25, 0.3) is 0 Å². The van der Waals surface area contributed by atoms with Crippen LogP contribution in [0.2, 0.25) is 5.02 Å². The molecule has 1 aliphatic rings. The zero-order chi connectivity index (χ0) is 14.7. The number of nitrogens with zero attached hydrogens (tertiary/aromatic N) is 2. The number of likely N-dealkylation sites (tertiary alicyclic amines) is 1. The fourth-order valence-corrected chi connectivity index (χ4v) is 2.81. The summed E-state index contributed by atoms with van der Waals surface area (Å²) in [5.74, 6) is 0.0587. The summed E-state index contributed by atoms with van der Waals surface area (Å²) >= 11 is 6.03. The Morgan fingerprint density at radius 3 is 2.85 bits per heavy atom. The third kappa shape index (κ3) is 3.25. The van der Waals surface area contributed by atoms with Crippen LogP contribution in [0.4, 0.5) is 5.69 Å². The summed E-state index contributed by atoms with van der Waals surface area (Å²) in [6.45, 7) is 1.60. The molecular weight excluding hydrogens is 274 g/mol. The summed E-state index contributed by atoms with van der Waals surface area (Å²) in [5, 5.41) is 3.65. The summed E-state index contributed by atoms with van der Waals surface area (Å²) in [5.41, 5.74) is 1.48. The molecule has 1 atom stereocenters. The summed E-state index contributed by atoms with van der Waals surface area (Å²) < 4.78 is 0. The molecule has 0 radical (unpaired) electrons.